The van der Waals surface area contributed by atoms with E-state index in [1.54, 1.807) is 22.8 Å². The molecule has 0 spiro atoms. The van der Waals surface area contributed by atoms with Gasteiger partial charge in [-0.2, -0.15) is 5.10 Å². The van der Waals surface area contributed by atoms with Crippen molar-refractivity contribution in [1.29, 1.82) is 0 Å². The van der Waals surface area contributed by atoms with Crippen molar-refractivity contribution in [3.8, 4) is 0 Å². The Kier molecular flexibility index (Phi) is 3.89. The van der Waals surface area contributed by atoms with Crippen LogP contribution in [0, 0.1) is 0 Å². The van der Waals surface area contributed by atoms with E-state index in [9.17, 15) is 0 Å². The molecule has 1 aromatic carbocycles. The lowest BCUT2D eigenvalue weighted by Crippen LogP contribution is -1.94. The molecule has 2 aromatic heterocycles. The van der Waals surface area contributed by atoms with Gasteiger partial charge in [-0.25, -0.2) is 9.97 Å². The van der Waals surface area contributed by atoms with Crippen molar-refractivity contribution in [2.45, 2.75) is 11.4 Å². The normalized spacial score (nSPS) is 11.1. The van der Waals surface area contributed by atoms with Gasteiger partial charge in [-0.15, -0.1) is 11.8 Å². The van der Waals surface area contributed by atoms with Gasteiger partial charge in [0.1, 0.15) is 11.4 Å². The van der Waals surface area contributed by atoms with Crippen molar-refractivity contribution in [2.24, 2.45) is 7.05 Å². The van der Waals surface area contributed by atoms with Gasteiger partial charge in [0.15, 0.2) is 5.65 Å². The summed E-state index contributed by atoms with van der Waals surface area (Å²) in [5.41, 5.74) is 2.03. The molecule has 0 bridgehead atoms. The minimum Gasteiger partial charge on any atom is -0.250 e. The summed E-state index contributed by atoms with van der Waals surface area (Å²) in [6.07, 6.45) is 4.31. The lowest BCUT2D eigenvalue weighted by molar-refractivity contribution is 0.784. The standard InChI is InChI=1S/C14H13ClN4S/c1-19-13-11(8-18-19)14(17-9-16-13)20-7-6-10-4-2-3-5-12(10)15/h2-5,8-9H,6-7H2,1H3. The first kappa shape index (κ1) is 13.4. The highest BCUT2D eigenvalue weighted by Gasteiger charge is 2.08. The van der Waals surface area contributed by atoms with Gasteiger partial charge in [0, 0.05) is 17.8 Å². The molecule has 0 radical (unpaired) electrons. The quantitative estimate of drug-likeness (QED) is 0.547. The number of aromatic nitrogens is 4. The van der Waals surface area contributed by atoms with Crippen molar-refractivity contribution < 1.29 is 0 Å². The smallest absolute Gasteiger partial charge is 0.162 e. The van der Waals surface area contributed by atoms with Crippen LogP contribution in [0.15, 0.2) is 41.8 Å². The highest BCUT2D eigenvalue weighted by molar-refractivity contribution is 7.99. The zero-order valence-electron chi connectivity index (χ0n) is 11.0. The van der Waals surface area contributed by atoms with Gasteiger partial charge >= 0.3 is 0 Å². The zero-order valence-corrected chi connectivity index (χ0v) is 12.5. The second-order valence-electron chi connectivity index (χ2n) is 4.37. The van der Waals surface area contributed by atoms with Gasteiger partial charge in [-0.05, 0) is 18.1 Å². The lowest BCUT2D eigenvalue weighted by atomic mass is 10.2. The summed E-state index contributed by atoms with van der Waals surface area (Å²) in [4.78, 5) is 8.58. The number of hydrogen-bond acceptors (Lipinski definition) is 4. The van der Waals surface area contributed by atoms with Crippen molar-refractivity contribution in [2.75, 3.05) is 5.75 Å². The number of rotatable bonds is 4. The average molecular weight is 305 g/mol. The van der Waals surface area contributed by atoms with E-state index in [0.29, 0.717) is 0 Å². The summed E-state index contributed by atoms with van der Waals surface area (Å²) in [7, 11) is 1.88. The lowest BCUT2D eigenvalue weighted by Gasteiger charge is -2.04. The number of halogens is 1. The van der Waals surface area contributed by atoms with E-state index < -0.39 is 0 Å². The third kappa shape index (κ3) is 2.64. The Bertz CT molecular complexity index is 741. The Morgan fingerprint density at radius 2 is 2.10 bits per heavy atom. The molecule has 20 heavy (non-hydrogen) atoms. The summed E-state index contributed by atoms with van der Waals surface area (Å²) >= 11 is 7.86. The number of thioether (sulfide) groups is 1. The van der Waals surface area contributed by atoms with Gasteiger partial charge in [0.2, 0.25) is 0 Å². The molecule has 0 aliphatic carbocycles. The number of hydrogen-bond donors (Lipinski definition) is 0. The van der Waals surface area contributed by atoms with Crippen LogP contribution in [0.5, 0.6) is 0 Å². The Labute approximate surface area is 126 Å². The molecule has 0 atom stereocenters. The summed E-state index contributed by atoms with van der Waals surface area (Å²) in [6.45, 7) is 0. The van der Waals surface area contributed by atoms with Crippen LogP contribution in [0.3, 0.4) is 0 Å². The minimum atomic E-state index is 0.822. The van der Waals surface area contributed by atoms with Crippen LogP contribution in [0.25, 0.3) is 11.0 Å². The largest absolute Gasteiger partial charge is 0.250 e. The molecule has 0 fully saturated rings. The van der Waals surface area contributed by atoms with Gasteiger partial charge in [-0.3, -0.25) is 4.68 Å². The maximum absolute atomic E-state index is 6.16. The van der Waals surface area contributed by atoms with E-state index in [-0.39, 0.29) is 0 Å². The Morgan fingerprint density at radius 1 is 1.25 bits per heavy atom. The Morgan fingerprint density at radius 3 is 2.95 bits per heavy atom. The predicted octanol–water partition coefficient (Wildman–Crippen LogP) is 3.35. The molecule has 2 heterocycles. The Hall–Kier alpha value is -1.59. The molecule has 3 rings (SSSR count). The van der Waals surface area contributed by atoms with E-state index in [0.717, 1.165) is 38.8 Å². The van der Waals surface area contributed by atoms with Crippen molar-refractivity contribution >= 4 is 34.4 Å². The molecule has 0 amide bonds. The summed E-state index contributed by atoms with van der Waals surface area (Å²) in [5, 5.41) is 7.01. The SMILES string of the molecule is Cn1ncc2c(SCCc3ccccc3Cl)ncnc21. The summed E-state index contributed by atoms with van der Waals surface area (Å²) in [5.74, 6) is 0.921. The van der Waals surface area contributed by atoms with Gasteiger partial charge < -0.3 is 0 Å². The molecule has 3 aromatic rings. The molecule has 0 aliphatic rings. The monoisotopic (exact) mass is 304 g/mol. The fourth-order valence-electron chi connectivity index (χ4n) is 2.01. The van der Waals surface area contributed by atoms with Crippen LogP contribution >= 0.6 is 23.4 Å². The molecule has 6 heteroatoms. The number of benzene rings is 1. The predicted molar refractivity (Wildman–Crippen MR) is 82.2 cm³/mol. The molecule has 0 saturated carbocycles. The molecule has 0 aliphatic heterocycles. The Balaban J connectivity index is 1.73. The average Bonchev–Trinajstić information content (AvgIpc) is 2.84. The summed E-state index contributed by atoms with van der Waals surface area (Å²) in [6, 6.07) is 7.94. The van der Waals surface area contributed by atoms with E-state index in [2.05, 4.69) is 21.1 Å². The van der Waals surface area contributed by atoms with Gasteiger partial charge in [0.05, 0.1) is 11.6 Å². The second-order valence-corrected chi connectivity index (χ2v) is 5.86. The molecule has 0 saturated heterocycles. The highest BCUT2D eigenvalue weighted by Crippen LogP contribution is 2.25. The van der Waals surface area contributed by atoms with Crippen LogP contribution in [-0.4, -0.2) is 25.5 Å². The number of fused-ring (bicyclic) bond motifs is 1. The van der Waals surface area contributed by atoms with E-state index in [4.69, 9.17) is 11.6 Å². The zero-order chi connectivity index (χ0) is 13.9. The third-order valence-electron chi connectivity index (χ3n) is 3.06. The number of nitrogens with zero attached hydrogens (tertiary/aromatic N) is 4. The third-order valence-corrected chi connectivity index (χ3v) is 4.44. The molecule has 4 nitrogen and oxygen atoms in total. The van der Waals surface area contributed by atoms with Crippen LogP contribution in [0.4, 0.5) is 0 Å². The number of aryl methyl sites for hydroxylation is 2. The topological polar surface area (TPSA) is 43.6 Å². The fourth-order valence-corrected chi connectivity index (χ4v) is 3.18. The van der Waals surface area contributed by atoms with E-state index >= 15 is 0 Å². The van der Waals surface area contributed by atoms with Gasteiger partial charge in [0.25, 0.3) is 0 Å². The van der Waals surface area contributed by atoms with Crippen LogP contribution < -0.4 is 0 Å². The molecule has 0 N–H and O–H groups in total. The summed E-state index contributed by atoms with van der Waals surface area (Å²) < 4.78 is 1.76. The van der Waals surface area contributed by atoms with E-state index in [1.807, 2.05) is 31.4 Å². The maximum atomic E-state index is 6.16. The van der Waals surface area contributed by atoms with Crippen molar-refractivity contribution in [3.63, 3.8) is 0 Å². The first-order chi connectivity index (χ1) is 9.75. The molecular weight excluding hydrogens is 292 g/mol. The first-order valence-corrected chi connectivity index (χ1v) is 7.61. The first-order valence-electron chi connectivity index (χ1n) is 6.24. The molecule has 102 valence electrons. The second kappa shape index (κ2) is 5.81. The molecular formula is C14H13ClN4S. The minimum absolute atomic E-state index is 0.822. The van der Waals surface area contributed by atoms with Crippen LogP contribution in [0.2, 0.25) is 5.02 Å². The fraction of sp³-hybridized carbons (Fsp3) is 0.214. The maximum Gasteiger partial charge on any atom is 0.162 e. The van der Waals surface area contributed by atoms with Crippen LogP contribution in [-0.2, 0) is 13.5 Å². The highest BCUT2D eigenvalue weighted by atomic mass is 35.5. The molecule has 0 unspecified atom stereocenters. The van der Waals surface area contributed by atoms with Crippen LogP contribution in [0.1, 0.15) is 5.56 Å². The van der Waals surface area contributed by atoms with Gasteiger partial charge in [-0.1, -0.05) is 29.8 Å². The van der Waals surface area contributed by atoms with E-state index in [1.165, 1.54) is 0 Å². The van der Waals surface area contributed by atoms with Crippen molar-refractivity contribution in [1.82, 2.24) is 19.7 Å². The van der Waals surface area contributed by atoms with Crippen molar-refractivity contribution in [3.05, 3.63) is 47.4 Å².